The summed E-state index contributed by atoms with van der Waals surface area (Å²) >= 11 is 0.994. The quantitative estimate of drug-likeness (QED) is 0.221. The SMILES string of the molecule is Nc1ccccc1CCOCCS(=O)(=O)CCC(=O)NCCc1ccc(O)c2[nH]c(=O)sc12. The molecule has 1 amide bonds. The number of fused-ring (bicyclic) bond motifs is 1. The van der Waals surface area contributed by atoms with Crippen molar-refractivity contribution < 1.29 is 23.1 Å². The summed E-state index contributed by atoms with van der Waals surface area (Å²) in [6.07, 6.45) is 0.913. The van der Waals surface area contributed by atoms with E-state index in [0.29, 0.717) is 35.4 Å². The lowest BCUT2D eigenvalue weighted by molar-refractivity contribution is -0.120. The Morgan fingerprint density at radius 3 is 2.67 bits per heavy atom. The van der Waals surface area contributed by atoms with Crippen LogP contribution in [0.15, 0.2) is 41.2 Å². The molecule has 0 aliphatic carbocycles. The molecule has 1 aromatic heterocycles. The van der Waals surface area contributed by atoms with Gasteiger partial charge in [0.1, 0.15) is 11.3 Å². The largest absolute Gasteiger partial charge is 0.506 e. The number of thiazole rings is 1. The number of ether oxygens (including phenoxy) is 1. The van der Waals surface area contributed by atoms with Gasteiger partial charge in [-0.15, -0.1) is 0 Å². The summed E-state index contributed by atoms with van der Waals surface area (Å²) in [5.41, 5.74) is 8.69. The number of aromatic nitrogens is 1. The average molecular weight is 494 g/mol. The molecule has 178 valence electrons. The number of H-pyrrole nitrogens is 1. The minimum absolute atomic E-state index is 0.00508. The Morgan fingerprint density at radius 1 is 1.09 bits per heavy atom. The summed E-state index contributed by atoms with van der Waals surface area (Å²) in [5.74, 6) is -0.773. The molecule has 0 aliphatic rings. The number of rotatable bonds is 12. The number of phenolic OH excluding ortho intramolecular Hbond substituents is 1. The predicted molar refractivity (Wildman–Crippen MR) is 129 cm³/mol. The molecule has 5 N–H and O–H groups in total. The lowest BCUT2D eigenvalue weighted by Gasteiger charge is -2.08. The second-order valence-electron chi connectivity index (χ2n) is 7.53. The van der Waals surface area contributed by atoms with Crippen LogP contribution in [-0.2, 0) is 32.2 Å². The van der Waals surface area contributed by atoms with Gasteiger partial charge >= 0.3 is 4.87 Å². The van der Waals surface area contributed by atoms with E-state index in [9.17, 15) is 23.1 Å². The Labute approximate surface area is 195 Å². The fourth-order valence-corrected chi connectivity index (χ4v) is 5.25. The highest BCUT2D eigenvalue weighted by Gasteiger charge is 2.14. The Morgan fingerprint density at radius 2 is 1.88 bits per heavy atom. The number of amides is 1. The van der Waals surface area contributed by atoms with E-state index in [1.54, 1.807) is 12.1 Å². The first-order valence-corrected chi connectivity index (χ1v) is 13.1. The third-order valence-electron chi connectivity index (χ3n) is 5.11. The number of hydrogen-bond acceptors (Lipinski definition) is 8. The number of anilines is 1. The summed E-state index contributed by atoms with van der Waals surface area (Å²) < 4.78 is 30.4. The zero-order valence-corrected chi connectivity index (χ0v) is 19.6. The predicted octanol–water partition coefficient (Wildman–Crippen LogP) is 1.60. The lowest BCUT2D eigenvalue weighted by Crippen LogP contribution is -2.28. The third kappa shape index (κ3) is 7.31. The second kappa shape index (κ2) is 11.3. The van der Waals surface area contributed by atoms with Crippen LogP contribution in [0.5, 0.6) is 5.75 Å². The van der Waals surface area contributed by atoms with Gasteiger partial charge in [-0.25, -0.2) is 8.42 Å². The Kier molecular flexibility index (Phi) is 8.48. The van der Waals surface area contributed by atoms with Crippen LogP contribution in [-0.4, -0.2) is 55.7 Å². The third-order valence-corrected chi connectivity index (χ3v) is 7.68. The van der Waals surface area contributed by atoms with Crippen LogP contribution >= 0.6 is 11.3 Å². The number of carbonyl (C=O) groups excluding carboxylic acids is 1. The van der Waals surface area contributed by atoms with E-state index in [4.69, 9.17) is 10.5 Å². The molecule has 0 aliphatic heterocycles. The molecule has 1 heterocycles. The van der Waals surface area contributed by atoms with Crippen molar-refractivity contribution in [2.45, 2.75) is 19.3 Å². The van der Waals surface area contributed by atoms with Crippen LogP contribution in [0, 0.1) is 0 Å². The maximum Gasteiger partial charge on any atom is 0.305 e. The number of nitrogens with one attached hydrogen (secondary N) is 2. The van der Waals surface area contributed by atoms with E-state index in [1.807, 2.05) is 18.2 Å². The van der Waals surface area contributed by atoms with E-state index in [-0.39, 0.29) is 47.6 Å². The van der Waals surface area contributed by atoms with Gasteiger partial charge in [-0.3, -0.25) is 9.59 Å². The Hall–Kier alpha value is -2.89. The number of sulfone groups is 1. The van der Waals surface area contributed by atoms with Gasteiger partial charge in [-0.1, -0.05) is 35.6 Å². The molecule has 0 atom stereocenters. The molecule has 0 fully saturated rings. The summed E-state index contributed by atoms with van der Waals surface area (Å²) in [7, 11) is -3.41. The molecule has 3 aromatic rings. The summed E-state index contributed by atoms with van der Waals surface area (Å²) in [6.45, 7) is 0.717. The maximum absolute atomic E-state index is 12.2. The molecule has 33 heavy (non-hydrogen) atoms. The van der Waals surface area contributed by atoms with Crippen molar-refractivity contribution in [3.05, 3.63) is 57.2 Å². The minimum atomic E-state index is -3.41. The van der Waals surface area contributed by atoms with Crippen molar-refractivity contribution in [1.82, 2.24) is 10.3 Å². The standard InChI is InChI=1S/C22H27N3O6S2/c23-17-4-2-1-3-15(17)8-11-31-12-14-33(29,30)13-9-19(27)24-10-7-16-5-6-18(26)20-21(16)32-22(28)25-20/h1-6,26H,7-14,23H2,(H,24,27)(H,25,28). The molecular weight excluding hydrogens is 466 g/mol. The van der Waals surface area contributed by atoms with E-state index in [1.165, 1.54) is 6.07 Å². The van der Waals surface area contributed by atoms with Gasteiger partial charge in [-0.05, 0) is 36.1 Å². The highest BCUT2D eigenvalue weighted by atomic mass is 32.2. The van der Waals surface area contributed by atoms with Crippen molar-refractivity contribution >= 4 is 43.0 Å². The van der Waals surface area contributed by atoms with Gasteiger partial charge in [0.25, 0.3) is 0 Å². The van der Waals surface area contributed by atoms with Gasteiger partial charge in [0.2, 0.25) is 5.91 Å². The fourth-order valence-electron chi connectivity index (χ4n) is 3.28. The van der Waals surface area contributed by atoms with Gasteiger partial charge in [0, 0.05) is 18.7 Å². The number of aromatic amines is 1. The van der Waals surface area contributed by atoms with E-state index in [0.717, 1.165) is 22.5 Å². The lowest BCUT2D eigenvalue weighted by atomic mass is 10.1. The van der Waals surface area contributed by atoms with Crippen LogP contribution in [0.4, 0.5) is 5.69 Å². The topological polar surface area (TPSA) is 152 Å². The molecule has 0 bridgehead atoms. The number of para-hydroxylation sites is 1. The first kappa shape index (κ1) is 24.7. The molecule has 9 nitrogen and oxygen atoms in total. The molecule has 0 unspecified atom stereocenters. The first-order valence-electron chi connectivity index (χ1n) is 10.5. The van der Waals surface area contributed by atoms with Crippen molar-refractivity contribution in [3.8, 4) is 5.75 Å². The molecule has 2 aromatic carbocycles. The van der Waals surface area contributed by atoms with Crippen molar-refractivity contribution in [2.75, 3.05) is 37.0 Å². The van der Waals surface area contributed by atoms with E-state index in [2.05, 4.69) is 10.3 Å². The normalized spacial score (nSPS) is 11.6. The van der Waals surface area contributed by atoms with E-state index < -0.39 is 9.84 Å². The number of hydrogen-bond donors (Lipinski definition) is 4. The van der Waals surface area contributed by atoms with Crippen LogP contribution in [0.2, 0.25) is 0 Å². The van der Waals surface area contributed by atoms with Crippen LogP contribution in [0.3, 0.4) is 0 Å². The zero-order chi connectivity index (χ0) is 23.8. The second-order valence-corrected chi connectivity index (χ2v) is 10.8. The minimum Gasteiger partial charge on any atom is -0.506 e. The highest BCUT2D eigenvalue weighted by molar-refractivity contribution is 7.91. The average Bonchev–Trinajstić information content (AvgIpc) is 3.17. The number of nitrogen functional groups attached to an aromatic ring is 1. The van der Waals surface area contributed by atoms with Crippen LogP contribution in [0.1, 0.15) is 17.5 Å². The number of aromatic hydroxyl groups is 1. The Bertz CT molecular complexity index is 1270. The van der Waals surface area contributed by atoms with Crippen molar-refractivity contribution in [1.29, 1.82) is 0 Å². The molecule has 3 rings (SSSR count). The first-order chi connectivity index (χ1) is 15.7. The molecule has 0 saturated heterocycles. The molecule has 0 spiro atoms. The number of phenols is 1. The van der Waals surface area contributed by atoms with Crippen LogP contribution in [0.25, 0.3) is 10.2 Å². The van der Waals surface area contributed by atoms with E-state index >= 15 is 0 Å². The smallest absolute Gasteiger partial charge is 0.305 e. The summed E-state index contributed by atoms with van der Waals surface area (Å²) in [6, 6.07) is 10.6. The number of carbonyl (C=O) groups is 1. The molecular formula is C22H27N3O6S2. The summed E-state index contributed by atoms with van der Waals surface area (Å²) in [5, 5.41) is 12.5. The monoisotopic (exact) mass is 493 g/mol. The number of benzene rings is 2. The van der Waals surface area contributed by atoms with Crippen molar-refractivity contribution in [3.63, 3.8) is 0 Å². The van der Waals surface area contributed by atoms with Gasteiger partial charge in [0.05, 0.1) is 29.4 Å². The fraction of sp³-hybridized carbons (Fsp3) is 0.364. The van der Waals surface area contributed by atoms with Gasteiger partial charge in [0.15, 0.2) is 9.84 Å². The Balaban J connectivity index is 1.35. The highest BCUT2D eigenvalue weighted by Crippen LogP contribution is 2.27. The maximum atomic E-state index is 12.2. The number of nitrogens with two attached hydrogens (primary N) is 1. The van der Waals surface area contributed by atoms with Gasteiger partial charge in [-0.2, -0.15) is 0 Å². The molecule has 0 saturated carbocycles. The van der Waals surface area contributed by atoms with Crippen molar-refractivity contribution in [2.24, 2.45) is 0 Å². The zero-order valence-electron chi connectivity index (χ0n) is 18.0. The van der Waals surface area contributed by atoms with Gasteiger partial charge < -0.3 is 25.9 Å². The molecule has 0 radical (unpaired) electrons. The van der Waals surface area contributed by atoms with Crippen LogP contribution < -0.4 is 15.9 Å². The molecule has 11 heteroatoms. The summed E-state index contributed by atoms with van der Waals surface area (Å²) in [4.78, 5) is 25.9.